The molecule has 5 nitrogen and oxygen atoms in total. The van der Waals surface area contributed by atoms with Gasteiger partial charge in [0.1, 0.15) is 5.00 Å². The van der Waals surface area contributed by atoms with Crippen molar-refractivity contribution < 1.29 is 13.2 Å². The fourth-order valence-electron chi connectivity index (χ4n) is 2.72. The SMILES string of the molecule is O=C1NS(=O)(=O)N(Cc2ccccc2)c2sc(-c3ccccc3)cc21. The molecule has 0 saturated heterocycles. The van der Waals surface area contributed by atoms with Crippen molar-refractivity contribution in [3.63, 3.8) is 0 Å². The molecule has 0 spiro atoms. The topological polar surface area (TPSA) is 66.5 Å². The molecule has 1 amide bonds. The van der Waals surface area contributed by atoms with Gasteiger partial charge in [0, 0.05) is 4.88 Å². The van der Waals surface area contributed by atoms with Crippen LogP contribution in [0.1, 0.15) is 15.9 Å². The number of thiophene rings is 1. The van der Waals surface area contributed by atoms with Crippen LogP contribution in [0.5, 0.6) is 0 Å². The highest BCUT2D eigenvalue weighted by molar-refractivity contribution is 7.91. The van der Waals surface area contributed by atoms with Gasteiger partial charge in [-0.1, -0.05) is 60.7 Å². The Labute approximate surface area is 149 Å². The van der Waals surface area contributed by atoms with Crippen molar-refractivity contribution >= 4 is 32.5 Å². The van der Waals surface area contributed by atoms with Crippen molar-refractivity contribution in [2.24, 2.45) is 0 Å². The number of nitrogens with zero attached hydrogens (tertiary/aromatic N) is 1. The highest BCUT2D eigenvalue weighted by atomic mass is 32.2. The summed E-state index contributed by atoms with van der Waals surface area (Å²) >= 11 is 1.31. The molecule has 2 aromatic carbocycles. The van der Waals surface area contributed by atoms with Crippen molar-refractivity contribution in [1.29, 1.82) is 0 Å². The molecule has 1 N–H and O–H groups in total. The van der Waals surface area contributed by atoms with E-state index >= 15 is 0 Å². The smallest absolute Gasteiger partial charge is 0.268 e. The van der Waals surface area contributed by atoms with Crippen LogP contribution in [0.2, 0.25) is 0 Å². The second-order valence-corrected chi connectivity index (χ2v) is 8.25. The standard InChI is InChI=1S/C18H14N2O3S2/c21-17-15-11-16(14-9-5-2-6-10-14)24-18(15)20(25(22,23)19-17)12-13-7-3-1-4-8-13/h1-11H,12H2,(H,19,21). The Hall–Kier alpha value is -2.64. The summed E-state index contributed by atoms with van der Waals surface area (Å²) in [5.41, 5.74) is 2.18. The highest BCUT2D eigenvalue weighted by Crippen LogP contribution is 2.41. The lowest BCUT2D eigenvalue weighted by atomic mass is 10.1. The number of amides is 1. The number of fused-ring (bicyclic) bond motifs is 1. The van der Waals surface area contributed by atoms with Crippen LogP contribution in [0.15, 0.2) is 66.7 Å². The summed E-state index contributed by atoms with van der Waals surface area (Å²) in [5, 5.41) is 0.450. The van der Waals surface area contributed by atoms with Crippen LogP contribution in [-0.2, 0) is 16.8 Å². The van der Waals surface area contributed by atoms with Crippen LogP contribution in [0, 0.1) is 0 Å². The molecule has 2 heterocycles. The largest absolute Gasteiger partial charge is 0.327 e. The van der Waals surface area contributed by atoms with Crippen LogP contribution in [0.25, 0.3) is 10.4 Å². The van der Waals surface area contributed by atoms with Crippen LogP contribution in [-0.4, -0.2) is 14.3 Å². The molecule has 0 unspecified atom stereocenters. The van der Waals surface area contributed by atoms with Gasteiger partial charge in [-0.25, -0.2) is 9.03 Å². The Morgan fingerprint density at radius 2 is 1.60 bits per heavy atom. The lowest BCUT2D eigenvalue weighted by Crippen LogP contribution is -2.47. The summed E-state index contributed by atoms with van der Waals surface area (Å²) in [4.78, 5) is 13.1. The van der Waals surface area contributed by atoms with Gasteiger partial charge in [-0.15, -0.1) is 11.3 Å². The molecule has 0 atom stereocenters. The van der Waals surface area contributed by atoms with E-state index in [4.69, 9.17) is 0 Å². The summed E-state index contributed by atoms with van der Waals surface area (Å²) < 4.78 is 28.4. The first-order valence-corrected chi connectivity index (χ1v) is 9.88. The zero-order valence-electron chi connectivity index (χ0n) is 13.0. The number of hydrogen-bond acceptors (Lipinski definition) is 4. The van der Waals surface area contributed by atoms with Gasteiger partial charge in [0.05, 0.1) is 12.1 Å². The number of carbonyl (C=O) groups is 1. The van der Waals surface area contributed by atoms with Crippen LogP contribution < -0.4 is 9.03 Å². The zero-order valence-corrected chi connectivity index (χ0v) is 14.7. The monoisotopic (exact) mass is 370 g/mol. The first-order chi connectivity index (χ1) is 12.0. The van der Waals surface area contributed by atoms with Gasteiger partial charge in [-0.05, 0) is 17.2 Å². The molecule has 0 radical (unpaired) electrons. The summed E-state index contributed by atoms with van der Waals surface area (Å²) in [7, 11) is -3.91. The van der Waals surface area contributed by atoms with Gasteiger partial charge in [-0.2, -0.15) is 8.42 Å². The first-order valence-electron chi connectivity index (χ1n) is 7.62. The summed E-state index contributed by atoms with van der Waals surface area (Å²) in [6.45, 7) is 0.172. The third-order valence-corrected chi connectivity index (χ3v) is 6.58. The minimum atomic E-state index is -3.91. The van der Waals surface area contributed by atoms with Gasteiger partial charge < -0.3 is 0 Å². The van der Waals surface area contributed by atoms with Crippen molar-refractivity contribution in [2.75, 3.05) is 4.31 Å². The molecule has 0 fully saturated rings. The molecule has 7 heteroatoms. The second-order valence-electron chi connectivity index (χ2n) is 5.62. The third-order valence-electron chi connectivity index (χ3n) is 3.92. The Kier molecular flexibility index (Phi) is 3.82. The van der Waals surface area contributed by atoms with Gasteiger partial charge >= 0.3 is 10.2 Å². The van der Waals surface area contributed by atoms with Gasteiger partial charge in [-0.3, -0.25) is 4.79 Å². The molecular formula is C18H14N2O3S2. The van der Waals surface area contributed by atoms with Crippen LogP contribution in [0.3, 0.4) is 0 Å². The summed E-state index contributed by atoms with van der Waals surface area (Å²) in [5.74, 6) is -0.585. The van der Waals surface area contributed by atoms with Crippen LogP contribution in [0.4, 0.5) is 5.00 Å². The maximum atomic E-state index is 12.5. The molecule has 126 valence electrons. The molecule has 0 bridgehead atoms. The van der Waals surface area contributed by atoms with E-state index in [0.29, 0.717) is 10.6 Å². The minimum absolute atomic E-state index is 0.172. The van der Waals surface area contributed by atoms with E-state index in [-0.39, 0.29) is 6.54 Å². The molecule has 25 heavy (non-hydrogen) atoms. The molecule has 1 aliphatic heterocycles. The molecule has 1 aliphatic rings. The average molecular weight is 370 g/mol. The normalized spacial score (nSPS) is 15.5. The first kappa shape index (κ1) is 15.9. The number of hydrogen-bond donors (Lipinski definition) is 1. The number of carbonyl (C=O) groups excluding carboxylic acids is 1. The van der Waals surface area contributed by atoms with Crippen molar-refractivity contribution in [3.8, 4) is 10.4 Å². The number of benzene rings is 2. The quantitative estimate of drug-likeness (QED) is 0.768. The second kappa shape index (κ2) is 6.02. The highest BCUT2D eigenvalue weighted by Gasteiger charge is 2.36. The summed E-state index contributed by atoms with van der Waals surface area (Å²) in [6.07, 6.45) is 0. The maximum Gasteiger partial charge on any atom is 0.327 e. The Morgan fingerprint density at radius 3 is 2.28 bits per heavy atom. The molecule has 0 saturated carbocycles. The molecule has 4 rings (SSSR count). The number of rotatable bonds is 3. The van der Waals surface area contributed by atoms with Crippen molar-refractivity contribution in [2.45, 2.75) is 6.54 Å². The predicted molar refractivity (Wildman–Crippen MR) is 98.8 cm³/mol. The number of anilines is 1. The van der Waals surface area contributed by atoms with Gasteiger partial charge in [0.25, 0.3) is 5.91 Å². The fourth-order valence-corrected chi connectivity index (χ4v) is 5.28. The third kappa shape index (κ3) is 2.92. The van der Waals surface area contributed by atoms with E-state index in [0.717, 1.165) is 16.0 Å². The van der Waals surface area contributed by atoms with Crippen molar-refractivity contribution in [3.05, 3.63) is 77.9 Å². The maximum absolute atomic E-state index is 12.5. The van der Waals surface area contributed by atoms with Gasteiger partial charge in [0.15, 0.2) is 0 Å². The van der Waals surface area contributed by atoms with Crippen LogP contribution >= 0.6 is 11.3 Å². The van der Waals surface area contributed by atoms with E-state index in [9.17, 15) is 13.2 Å². The Morgan fingerprint density at radius 1 is 0.960 bits per heavy atom. The van der Waals surface area contributed by atoms with E-state index in [1.807, 2.05) is 60.7 Å². The lowest BCUT2D eigenvalue weighted by Gasteiger charge is -2.27. The Bertz CT molecular complexity index is 1030. The van der Waals surface area contributed by atoms with E-state index < -0.39 is 16.1 Å². The van der Waals surface area contributed by atoms with E-state index in [2.05, 4.69) is 4.72 Å². The molecule has 3 aromatic rings. The van der Waals surface area contributed by atoms with E-state index in [1.165, 1.54) is 15.6 Å². The lowest BCUT2D eigenvalue weighted by molar-refractivity contribution is 0.0980. The van der Waals surface area contributed by atoms with E-state index in [1.54, 1.807) is 6.07 Å². The van der Waals surface area contributed by atoms with Gasteiger partial charge in [0.2, 0.25) is 0 Å². The van der Waals surface area contributed by atoms with Crippen molar-refractivity contribution in [1.82, 2.24) is 4.72 Å². The average Bonchev–Trinajstić information content (AvgIpc) is 3.05. The zero-order chi connectivity index (χ0) is 17.4. The molecular weight excluding hydrogens is 356 g/mol. The summed E-state index contributed by atoms with van der Waals surface area (Å²) in [6, 6.07) is 20.7. The Balaban J connectivity index is 1.81. The molecule has 0 aliphatic carbocycles. The molecule has 1 aromatic heterocycles. The fraction of sp³-hybridized carbons (Fsp3) is 0.0556. The predicted octanol–water partition coefficient (Wildman–Crippen LogP) is 3.41. The number of nitrogens with one attached hydrogen (secondary N) is 1. The minimum Gasteiger partial charge on any atom is -0.268 e.